The van der Waals surface area contributed by atoms with Gasteiger partial charge in [-0.2, -0.15) is 0 Å². The lowest BCUT2D eigenvalue weighted by molar-refractivity contribution is -0.137. The van der Waals surface area contributed by atoms with Crippen molar-refractivity contribution < 1.29 is 14.7 Å². The van der Waals surface area contributed by atoms with Crippen molar-refractivity contribution in [3.8, 4) is 0 Å². The third-order valence-corrected chi connectivity index (χ3v) is 2.89. The molecule has 0 bridgehead atoms. The molecule has 0 spiro atoms. The third-order valence-electron chi connectivity index (χ3n) is 2.17. The molecule has 5 heteroatoms. The summed E-state index contributed by atoms with van der Waals surface area (Å²) in [5.41, 5.74) is 0.959. The van der Waals surface area contributed by atoms with Crippen LogP contribution in [0.2, 0.25) is 0 Å². The quantitative estimate of drug-likeness (QED) is 0.609. The monoisotopic (exact) mass is 347 g/mol. The molecule has 0 saturated carbocycles. The smallest absolute Gasteiger partial charge is 0.303 e. The molecule has 0 aliphatic heterocycles. The molecule has 17 heavy (non-hydrogen) atoms. The van der Waals surface area contributed by atoms with Crippen LogP contribution in [0, 0.1) is 3.57 Å². The van der Waals surface area contributed by atoms with E-state index in [-0.39, 0.29) is 12.3 Å². The lowest BCUT2D eigenvalue weighted by Crippen LogP contribution is -2.26. The predicted octanol–water partition coefficient (Wildman–Crippen LogP) is 1.81. The van der Waals surface area contributed by atoms with E-state index in [9.17, 15) is 9.59 Å². The van der Waals surface area contributed by atoms with Crippen LogP contribution in [0.5, 0.6) is 0 Å². The van der Waals surface area contributed by atoms with Crippen molar-refractivity contribution in [2.75, 3.05) is 6.54 Å². The zero-order chi connectivity index (χ0) is 12.7. The van der Waals surface area contributed by atoms with Gasteiger partial charge in [0.1, 0.15) is 0 Å². The van der Waals surface area contributed by atoms with E-state index < -0.39 is 5.97 Å². The van der Waals surface area contributed by atoms with Crippen molar-refractivity contribution in [1.82, 2.24) is 5.32 Å². The third kappa shape index (κ3) is 6.25. The number of rotatable bonds is 6. The summed E-state index contributed by atoms with van der Waals surface area (Å²) in [7, 11) is 0. The lowest BCUT2D eigenvalue weighted by atomic mass is 10.1. The second kappa shape index (κ2) is 7.26. The van der Waals surface area contributed by atoms with Crippen LogP contribution >= 0.6 is 22.6 Å². The molecule has 0 fully saturated rings. The molecule has 4 nitrogen and oxygen atoms in total. The molecule has 1 rings (SSSR count). The minimum Gasteiger partial charge on any atom is -0.481 e. The van der Waals surface area contributed by atoms with Crippen molar-refractivity contribution in [3.63, 3.8) is 0 Å². The summed E-state index contributed by atoms with van der Waals surface area (Å²) in [4.78, 5) is 21.7. The average Bonchev–Trinajstić information content (AvgIpc) is 2.27. The van der Waals surface area contributed by atoms with Crippen LogP contribution in [-0.2, 0) is 16.0 Å². The normalized spacial score (nSPS) is 9.94. The first-order chi connectivity index (χ1) is 8.08. The Kier molecular flexibility index (Phi) is 5.96. The van der Waals surface area contributed by atoms with Gasteiger partial charge >= 0.3 is 5.97 Å². The molecule has 1 amide bonds. The van der Waals surface area contributed by atoms with Gasteiger partial charge in [-0.3, -0.25) is 9.59 Å². The maximum absolute atomic E-state index is 11.5. The van der Waals surface area contributed by atoms with Gasteiger partial charge in [0.25, 0.3) is 0 Å². The molecule has 0 atom stereocenters. The van der Waals surface area contributed by atoms with E-state index >= 15 is 0 Å². The molecule has 0 aromatic heterocycles. The van der Waals surface area contributed by atoms with Gasteiger partial charge in [-0.05, 0) is 46.7 Å². The van der Waals surface area contributed by atoms with Crippen molar-refractivity contribution in [2.24, 2.45) is 0 Å². The van der Waals surface area contributed by atoms with Crippen molar-refractivity contribution in [2.45, 2.75) is 19.3 Å². The van der Waals surface area contributed by atoms with Crippen LogP contribution < -0.4 is 5.32 Å². The molecule has 2 N–H and O–H groups in total. The summed E-state index contributed by atoms with van der Waals surface area (Å²) in [5, 5.41) is 11.1. The number of amides is 1. The van der Waals surface area contributed by atoms with Crippen LogP contribution in [0.1, 0.15) is 18.4 Å². The Balaban J connectivity index is 2.25. The fourth-order valence-electron chi connectivity index (χ4n) is 1.32. The number of carboxylic acid groups (broad SMARTS) is 1. The predicted molar refractivity (Wildman–Crippen MR) is 72.7 cm³/mol. The Hall–Kier alpha value is -1.11. The van der Waals surface area contributed by atoms with Crippen LogP contribution in [0.3, 0.4) is 0 Å². The van der Waals surface area contributed by atoms with Crippen molar-refractivity contribution >= 4 is 34.5 Å². The molecule has 92 valence electrons. The highest BCUT2D eigenvalue weighted by molar-refractivity contribution is 14.1. The first kappa shape index (κ1) is 14.0. The number of carbonyl (C=O) groups excluding carboxylic acids is 1. The first-order valence-corrected chi connectivity index (χ1v) is 6.39. The molecule has 0 saturated heterocycles. The van der Waals surface area contributed by atoms with Crippen LogP contribution in [-0.4, -0.2) is 23.5 Å². The maximum Gasteiger partial charge on any atom is 0.303 e. The topological polar surface area (TPSA) is 66.4 Å². The van der Waals surface area contributed by atoms with E-state index in [0.717, 1.165) is 9.13 Å². The van der Waals surface area contributed by atoms with Gasteiger partial charge in [-0.15, -0.1) is 0 Å². The van der Waals surface area contributed by atoms with Gasteiger partial charge in [0.05, 0.1) is 6.42 Å². The van der Waals surface area contributed by atoms with Crippen LogP contribution in [0.15, 0.2) is 24.3 Å². The van der Waals surface area contributed by atoms with Crippen LogP contribution in [0.25, 0.3) is 0 Å². The molecule has 0 aliphatic carbocycles. The van der Waals surface area contributed by atoms with Gasteiger partial charge in [0, 0.05) is 16.5 Å². The standard InChI is InChI=1S/C12H14INO3/c13-10-5-3-9(4-6-10)8-11(15)14-7-1-2-12(16)17/h3-6H,1-2,7-8H2,(H,14,15)(H,16,17). The van der Waals surface area contributed by atoms with Gasteiger partial charge in [-0.25, -0.2) is 0 Å². The number of carboxylic acids is 1. The molecule has 1 aromatic rings. The van der Waals surface area contributed by atoms with E-state index in [0.29, 0.717) is 19.4 Å². The summed E-state index contributed by atoms with van der Waals surface area (Å²) < 4.78 is 1.13. The minimum absolute atomic E-state index is 0.0726. The molecule has 0 unspecified atom stereocenters. The van der Waals surface area contributed by atoms with Crippen molar-refractivity contribution in [1.29, 1.82) is 0 Å². The zero-order valence-corrected chi connectivity index (χ0v) is 11.4. The van der Waals surface area contributed by atoms with E-state index in [1.807, 2.05) is 24.3 Å². The largest absolute Gasteiger partial charge is 0.481 e. The van der Waals surface area contributed by atoms with Crippen molar-refractivity contribution in [3.05, 3.63) is 33.4 Å². The summed E-state index contributed by atoms with van der Waals surface area (Å²) >= 11 is 2.21. The van der Waals surface area contributed by atoms with Gasteiger partial charge < -0.3 is 10.4 Å². The average molecular weight is 347 g/mol. The van der Waals surface area contributed by atoms with E-state index in [2.05, 4.69) is 27.9 Å². The fraction of sp³-hybridized carbons (Fsp3) is 0.333. The number of carbonyl (C=O) groups is 2. The van der Waals surface area contributed by atoms with Gasteiger partial charge in [-0.1, -0.05) is 12.1 Å². The number of hydrogen-bond acceptors (Lipinski definition) is 2. The second-order valence-corrected chi connectivity index (χ2v) is 4.90. The summed E-state index contributed by atoms with van der Waals surface area (Å²) in [6.45, 7) is 0.412. The highest BCUT2D eigenvalue weighted by Crippen LogP contribution is 2.07. The van der Waals surface area contributed by atoms with Crippen LogP contribution in [0.4, 0.5) is 0 Å². The summed E-state index contributed by atoms with van der Waals surface area (Å²) in [5.74, 6) is -0.909. The van der Waals surface area contributed by atoms with E-state index in [4.69, 9.17) is 5.11 Å². The summed E-state index contributed by atoms with van der Waals surface area (Å²) in [6.07, 6.45) is 0.890. The SMILES string of the molecule is O=C(O)CCCNC(=O)Cc1ccc(I)cc1. The lowest BCUT2D eigenvalue weighted by Gasteiger charge is -2.04. The molecular weight excluding hydrogens is 333 g/mol. The number of aliphatic carboxylic acids is 1. The minimum atomic E-state index is -0.836. The molecular formula is C12H14INO3. The van der Waals surface area contributed by atoms with Gasteiger partial charge in [0.2, 0.25) is 5.91 Å². The number of hydrogen-bond donors (Lipinski definition) is 2. The Morgan fingerprint density at radius 1 is 1.24 bits per heavy atom. The maximum atomic E-state index is 11.5. The number of halogens is 1. The molecule has 0 radical (unpaired) electrons. The summed E-state index contributed by atoms with van der Waals surface area (Å²) in [6, 6.07) is 7.73. The Morgan fingerprint density at radius 3 is 2.47 bits per heavy atom. The number of nitrogens with one attached hydrogen (secondary N) is 1. The Bertz CT molecular complexity index is 389. The fourth-order valence-corrected chi connectivity index (χ4v) is 1.68. The highest BCUT2D eigenvalue weighted by Gasteiger charge is 2.03. The molecule has 0 aliphatic rings. The highest BCUT2D eigenvalue weighted by atomic mass is 127. The first-order valence-electron chi connectivity index (χ1n) is 5.31. The molecule has 0 heterocycles. The molecule has 1 aromatic carbocycles. The van der Waals surface area contributed by atoms with E-state index in [1.165, 1.54) is 0 Å². The second-order valence-electron chi connectivity index (χ2n) is 3.65. The van der Waals surface area contributed by atoms with Gasteiger partial charge in [0.15, 0.2) is 0 Å². The zero-order valence-electron chi connectivity index (χ0n) is 9.28. The Morgan fingerprint density at radius 2 is 1.88 bits per heavy atom. The number of benzene rings is 1. The Labute approximate surface area is 114 Å². The van der Waals surface area contributed by atoms with E-state index in [1.54, 1.807) is 0 Å².